The molecule has 0 saturated heterocycles. The van der Waals surface area contributed by atoms with Gasteiger partial charge in [-0.15, -0.1) is 11.6 Å². The number of carbonyl (C=O) groups excluding carboxylic acids is 1. The van der Waals surface area contributed by atoms with E-state index in [2.05, 4.69) is 0 Å². The number of ketones is 1. The Morgan fingerprint density at radius 1 is 1.33 bits per heavy atom. The maximum absolute atomic E-state index is 11.5. The molecule has 0 atom stereocenters. The molecule has 0 saturated carbocycles. The fourth-order valence-corrected chi connectivity index (χ4v) is 1.60. The number of halogens is 1. The van der Waals surface area contributed by atoms with Crippen molar-refractivity contribution in [2.24, 2.45) is 0 Å². The van der Waals surface area contributed by atoms with E-state index in [1.807, 2.05) is 0 Å². The van der Waals surface area contributed by atoms with Gasteiger partial charge in [-0.25, -0.2) is 0 Å². The second-order valence-corrected chi connectivity index (χ2v) is 3.30. The van der Waals surface area contributed by atoms with Gasteiger partial charge in [-0.2, -0.15) is 0 Å². The van der Waals surface area contributed by atoms with Crippen LogP contribution in [0.1, 0.15) is 15.9 Å². The topological polar surface area (TPSA) is 35.5 Å². The van der Waals surface area contributed by atoms with Crippen LogP contribution in [0.15, 0.2) is 12.1 Å². The van der Waals surface area contributed by atoms with Crippen LogP contribution < -0.4 is 9.47 Å². The first-order chi connectivity index (χ1) is 7.15. The van der Waals surface area contributed by atoms with Crippen molar-refractivity contribution in [2.75, 3.05) is 20.1 Å². The zero-order valence-corrected chi connectivity index (χ0v) is 9.72. The highest BCUT2D eigenvalue weighted by Crippen LogP contribution is 2.32. The van der Waals surface area contributed by atoms with Gasteiger partial charge >= 0.3 is 0 Å². The molecule has 0 aliphatic heterocycles. The number of hydrogen-bond donors (Lipinski definition) is 0. The van der Waals surface area contributed by atoms with Gasteiger partial charge in [-0.05, 0) is 19.1 Å². The highest BCUT2D eigenvalue weighted by molar-refractivity contribution is 6.30. The monoisotopic (exact) mass is 228 g/mol. The van der Waals surface area contributed by atoms with E-state index in [-0.39, 0.29) is 11.7 Å². The predicted octanol–water partition coefficient (Wildman–Crippen LogP) is 2.43. The van der Waals surface area contributed by atoms with E-state index in [1.54, 1.807) is 33.3 Å². The molecule has 1 aromatic rings. The van der Waals surface area contributed by atoms with Gasteiger partial charge in [0.25, 0.3) is 0 Å². The molecule has 15 heavy (non-hydrogen) atoms. The fourth-order valence-electron chi connectivity index (χ4n) is 1.46. The molecule has 1 rings (SSSR count). The van der Waals surface area contributed by atoms with Gasteiger partial charge in [0.1, 0.15) is 0 Å². The molecule has 0 unspecified atom stereocenters. The molecular weight excluding hydrogens is 216 g/mol. The molecule has 0 fully saturated rings. The zero-order chi connectivity index (χ0) is 11.4. The summed E-state index contributed by atoms with van der Waals surface area (Å²) in [5, 5.41) is 0. The minimum Gasteiger partial charge on any atom is -0.493 e. The minimum absolute atomic E-state index is 0.0314. The van der Waals surface area contributed by atoms with E-state index < -0.39 is 0 Å². The summed E-state index contributed by atoms with van der Waals surface area (Å²) in [7, 11) is 3.10. The van der Waals surface area contributed by atoms with Crippen LogP contribution >= 0.6 is 11.6 Å². The molecule has 0 N–H and O–H groups in total. The third-order valence-electron chi connectivity index (χ3n) is 2.22. The standard InChI is InChI=1S/C11H13ClO3/c1-7-8(9(13)6-12)4-5-10(14-2)11(7)15-3/h4-5H,6H2,1-3H3. The Labute approximate surface area is 93.9 Å². The quantitative estimate of drug-likeness (QED) is 0.587. The third kappa shape index (κ3) is 2.23. The van der Waals surface area contributed by atoms with Gasteiger partial charge in [0.2, 0.25) is 0 Å². The minimum atomic E-state index is -0.116. The lowest BCUT2D eigenvalue weighted by atomic mass is 10.0. The van der Waals surface area contributed by atoms with Gasteiger partial charge < -0.3 is 9.47 Å². The van der Waals surface area contributed by atoms with Gasteiger partial charge in [0, 0.05) is 11.1 Å². The van der Waals surface area contributed by atoms with E-state index in [0.29, 0.717) is 17.1 Å². The summed E-state index contributed by atoms with van der Waals surface area (Å²) >= 11 is 5.51. The van der Waals surface area contributed by atoms with E-state index >= 15 is 0 Å². The van der Waals surface area contributed by atoms with Crippen molar-refractivity contribution >= 4 is 17.4 Å². The highest BCUT2D eigenvalue weighted by atomic mass is 35.5. The number of hydrogen-bond acceptors (Lipinski definition) is 3. The van der Waals surface area contributed by atoms with Crippen LogP contribution in [-0.4, -0.2) is 25.9 Å². The zero-order valence-electron chi connectivity index (χ0n) is 8.96. The Morgan fingerprint density at radius 2 is 2.00 bits per heavy atom. The summed E-state index contributed by atoms with van der Waals surface area (Å²) in [4.78, 5) is 11.5. The van der Waals surface area contributed by atoms with Crippen LogP contribution in [0.5, 0.6) is 11.5 Å². The molecule has 0 aliphatic carbocycles. The lowest BCUT2D eigenvalue weighted by molar-refractivity contribution is 0.102. The second-order valence-electron chi connectivity index (χ2n) is 3.03. The average Bonchev–Trinajstić information content (AvgIpc) is 2.27. The van der Waals surface area contributed by atoms with Crippen LogP contribution in [0.2, 0.25) is 0 Å². The van der Waals surface area contributed by atoms with Crippen molar-refractivity contribution in [3.63, 3.8) is 0 Å². The van der Waals surface area contributed by atoms with Crippen LogP contribution in [0.4, 0.5) is 0 Å². The van der Waals surface area contributed by atoms with Crippen molar-refractivity contribution in [3.8, 4) is 11.5 Å². The number of rotatable bonds is 4. The summed E-state index contributed by atoms with van der Waals surface area (Å²) in [6.45, 7) is 1.81. The Kier molecular flexibility index (Phi) is 3.97. The summed E-state index contributed by atoms with van der Waals surface area (Å²) < 4.78 is 10.3. The highest BCUT2D eigenvalue weighted by Gasteiger charge is 2.15. The van der Waals surface area contributed by atoms with Gasteiger partial charge in [0.15, 0.2) is 17.3 Å². The largest absolute Gasteiger partial charge is 0.493 e. The van der Waals surface area contributed by atoms with Gasteiger partial charge in [-0.3, -0.25) is 4.79 Å². The lowest BCUT2D eigenvalue weighted by Gasteiger charge is -2.12. The average molecular weight is 229 g/mol. The third-order valence-corrected chi connectivity index (χ3v) is 2.46. The van der Waals surface area contributed by atoms with Crippen molar-refractivity contribution in [1.82, 2.24) is 0 Å². The molecule has 4 heteroatoms. The summed E-state index contributed by atoms with van der Waals surface area (Å²) in [6.07, 6.45) is 0. The first kappa shape index (κ1) is 11.9. The molecule has 0 heterocycles. The number of carbonyl (C=O) groups is 1. The normalized spacial score (nSPS) is 9.87. The molecule has 0 bridgehead atoms. The Bertz CT molecular complexity index is 374. The summed E-state index contributed by atoms with van der Waals surface area (Å²) in [6, 6.07) is 3.40. The smallest absolute Gasteiger partial charge is 0.177 e. The Morgan fingerprint density at radius 3 is 2.47 bits per heavy atom. The fraction of sp³-hybridized carbons (Fsp3) is 0.364. The number of benzene rings is 1. The van der Waals surface area contributed by atoms with Crippen molar-refractivity contribution in [1.29, 1.82) is 0 Å². The first-order valence-electron chi connectivity index (χ1n) is 4.46. The van der Waals surface area contributed by atoms with E-state index in [0.717, 1.165) is 5.56 Å². The van der Waals surface area contributed by atoms with E-state index in [9.17, 15) is 4.79 Å². The van der Waals surface area contributed by atoms with Crippen LogP contribution in [0.25, 0.3) is 0 Å². The molecule has 82 valence electrons. The molecule has 0 radical (unpaired) electrons. The SMILES string of the molecule is COc1ccc(C(=O)CCl)c(C)c1OC. The van der Waals surface area contributed by atoms with Crippen LogP contribution in [-0.2, 0) is 0 Å². The molecule has 0 spiro atoms. The lowest BCUT2D eigenvalue weighted by Crippen LogP contribution is -2.05. The van der Waals surface area contributed by atoms with Crippen molar-refractivity contribution < 1.29 is 14.3 Å². The number of ether oxygens (including phenoxy) is 2. The molecule has 0 amide bonds. The maximum Gasteiger partial charge on any atom is 0.177 e. The molecule has 0 aromatic heterocycles. The summed E-state index contributed by atoms with van der Waals surface area (Å²) in [5.41, 5.74) is 1.32. The maximum atomic E-state index is 11.5. The predicted molar refractivity (Wildman–Crippen MR) is 59.3 cm³/mol. The van der Waals surface area contributed by atoms with Gasteiger partial charge in [-0.1, -0.05) is 0 Å². The number of alkyl halides is 1. The molecule has 0 aliphatic rings. The van der Waals surface area contributed by atoms with E-state index in [4.69, 9.17) is 21.1 Å². The molecule has 3 nitrogen and oxygen atoms in total. The first-order valence-corrected chi connectivity index (χ1v) is 4.99. The van der Waals surface area contributed by atoms with Crippen LogP contribution in [0.3, 0.4) is 0 Å². The van der Waals surface area contributed by atoms with E-state index in [1.165, 1.54) is 0 Å². The number of Topliss-reactive ketones (excluding diaryl/α,β-unsaturated/α-hetero) is 1. The number of methoxy groups -OCH3 is 2. The summed E-state index contributed by atoms with van der Waals surface area (Å²) in [5.74, 6) is 1.04. The van der Waals surface area contributed by atoms with Crippen molar-refractivity contribution in [2.45, 2.75) is 6.92 Å². The van der Waals surface area contributed by atoms with Crippen LogP contribution in [0, 0.1) is 6.92 Å². The Hall–Kier alpha value is -1.22. The molecule has 1 aromatic carbocycles. The van der Waals surface area contributed by atoms with Gasteiger partial charge in [0.05, 0.1) is 20.1 Å². The van der Waals surface area contributed by atoms with Crippen molar-refractivity contribution in [3.05, 3.63) is 23.3 Å². The molecular formula is C11H13ClO3. The second kappa shape index (κ2) is 5.03. The Balaban J connectivity index is 3.29.